The SMILES string of the molecule is CCOC(=O)c1cccc(NC(=O)Cn2c(=O)oc3cc(S(=O)(=O)N4CCCC4)ccc32)c1. The Bertz CT molecular complexity index is 1370. The predicted octanol–water partition coefficient (Wildman–Crippen LogP) is 2.19. The van der Waals surface area contributed by atoms with E-state index < -0.39 is 27.7 Å². The summed E-state index contributed by atoms with van der Waals surface area (Å²) >= 11 is 0. The van der Waals surface area contributed by atoms with Crippen LogP contribution in [0, 0.1) is 0 Å². The number of rotatable bonds is 7. The average Bonchev–Trinajstić information content (AvgIpc) is 3.43. The molecule has 0 spiro atoms. The zero-order valence-electron chi connectivity index (χ0n) is 17.9. The molecule has 2 heterocycles. The fourth-order valence-corrected chi connectivity index (χ4v) is 5.25. The summed E-state index contributed by atoms with van der Waals surface area (Å²) in [5, 5.41) is 2.63. The van der Waals surface area contributed by atoms with Crippen LogP contribution in [0.4, 0.5) is 5.69 Å². The van der Waals surface area contributed by atoms with Crippen LogP contribution in [0.3, 0.4) is 0 Å². The van der Waals surface area contributed by atoms with E-state index in [1.807, 2.05) is 0 Å². The van der Waals surface area contributed by atoms with Crippen molar-refractivity contribution >= 4 is 38.7 Å². The van der Waals surface area contributed by atoms with Gasteiger partial charge in [-0.15, -0.1) is 0 Å². The molecule has 10 nitrogen and oxygen atoms in total. The molecule has 1 saturated heterocycles. The molecule has 174 valence electrons. The topological polar surface area (TPSA) is 128 Å². The Morgan fingerprint density at radius 2 is 1.88 bits per heavy atom. The molecule has 0 bridgehead atoms. The number of anilines is 1. The number of carbonyl (C=O) groups excluding carboxylic acids is 2. The van der Waals surface area contributed by atoms with Crippen LogP contribution in [-0.2, 0) is 26.1 Å². The smallest absolute Gasteiger partial charge is 0.420 e. The molecule has 33 heavy (non-hydrogen) atoms. The standard InChI is InChI=1S/C22H23N3O7S/c1-2-31-21(27)15-6-5-7-16(12-15)23-20(26)14-25-18-9-8-17(13-19(18)32-22(25)28)33(29,30)24-10-3-4-11-24/h5-9,12-13H,2-4,10-11,14H2,1H3,(H,23,26). The lowest BCUT2D eigenvalue weighted by molar-refractivity contribution is -0.116. The first-order valence-electron chi connectivity index (χ1n) is 10.5. The summed E-state index contributed by atoms with van der Waals surface area (Å²) in [6.45, 7) is 2.49. The molecule has 0 radical (unpaired) electrons. The Balaban J connectivity index is 1.54. The van der Waals surface area contributed by atoms with Gasteiger partial charge in [0.15, 0.2) is 5.58 Å². The second-order valence-electron chi connectivity index (χ2n) is 7.54. The first kappa shape index (κ1) is 22.7. The molecule has 0 atom stereocenters. The Labute approximate surface area is 189 Å². The maximum atomic E-state index is 12.8. The van der Waals surface area contributed by atoms with Gasteiger partial charge in [0.1, 0.15) is 6.54 Å². The maximum Gasteiger partial charge on any atom is 0.420 e. The highest BCUT2D eigenvalue weighted by Gasteiger charge is 2.28. The Morgan fingerprint density at radius 1 is 1.12 bits per heavy atom. The van der Waals surface area contributed by atoms with Crippen molar-refractivity contribution < 1.29 is 27.2 Å². The lowest BCUT2D eigenvalue weighted by Gasteiger charge is -2.15. The van der Waals surface area contributed by atoms with Crippen molar-refractivity contribution in [2.45, 2.75) is 31.2 Å². The summed E-state index contributed by atoms with van der Waals surface area (Å²) < 4.78 is 38.2. The predicted molar refractivity (Wildman–Crippen MR) is 119 cm³/mol. The number of ether oxygens (including phenoxy) is 1. The van der Waals surface area contributed by atoms with E-state index in [9.17, 15) is 22.8 Å². The van der Waals surface area contributed by atoms with Crippen molar-refractivity contribution in [3.8, 4) is 0 Å². The van der Waals surface area contributed by atoms with Crippen LogP contribution in [-0.4, -0.2) is 48.9 Å². The van der Waals surface area contributed by atoms with E-state index in [0.717, 1.165) is 17.4 Å². The summed E-state index contributed by atoms with van der Waals surface area (Å²) in [6, 6.07) is 10.4. The average molecular weight is 474 g/mol. The Kier molecular flexibility index (Phi) is 6.34. The number of oxazole rings is 1. The normalized spacial score (nSPS) is 14.5. The highest BCUT2D eigenvalue weighted by Crippen LogP contribution is 2.24. The van der Waals surface area contributed by atoms with Crippen LogP contribution in [0.5, 0.6) is 0 Å². The first-order chi connectivity index (χ1) is 15.8. The molecule has 0 saturated carbocycles. The van der Waals surface area contributed by atoms with Gasteiger partial charge >= 0.3 is 11.7 Å². The number of benzene rings is 2. The van der Waals surface area contributed by atoms with Crippen molar-refractivity contribution in [2.24, 2.45) is 0 Å². The Hall–Kier alpha value is -3.44. The van der Waals surface area contributed by atoms with Gasteiger partial charge in [-0.3, -0.25) is 9.36 Å². The van der Waals surface area contributed by atoms with Crippen molar-refractivity contribution in [1.29, 1.82) is 0 Å². The number of fused-ring (bicyclic) bond motifs is 1. The molecule has 1 aliphatic rings. The summed E-state index contributed by atoms with van der Waals surface area (Å²) in [7, 11) is -3.67. The number of hydrogen-bond donors (Lipinski definition) is 1. The largest absolute Gasteiger partial charge is 0.462 e. The maximum absolute atomic E-state index is 12.8. The molecule has 0 aliphatic carbocycles. The van der Waals surface area contributed by atoms with E-state index in [1.54, 1.807) is 25.1 Å². The molecule has 1 aliphatic heterocycles. The number of amides is 1. The summed E-state index contributed by atoms with van der Waals surface area (Å²) in [5.74, 6) is -1.81. The molecular weight excluding hydrogens is 450 g/mol. The van der Waals surface area contributed by atoms with Gasteiger partial charge < -0.3 is 14.5 Å². The minimum absolute atomic E-state index is 0.0398. The van der Waals surface area contributed by atoms with Gasteiger partial charge in [0.05, 0.1) is 22.6 Å². The van der Waals surface area contributed by atoms with Gasteiger partial charge in [-0.05, 0) is 50.1 Å². The van der Waals surface area contributed by atoms with Crippen LogP contribution in [0.25, 0.3) is 11.1 Å². The number of hydrogen-bond acceptors (Lipinski definition) is 7. The molecule has 1 fully saturated rings. The van der Waals surface area contributed by atoms with Crippen LogP contribution >= 0.6 is 0 Å². The number of nitrogens with zero attached hydrogens (tertiary/aromatic N) is 2. The molecule has 1 N–H and O–H groups in total. The third-order valence-corrected chi connectivity index (χ3v) is 7.20. The molecule has 0 unspecified atom stereocenters. The van der Waals surface area contributed by atoms with E-state index in [0.29, 0.717) is 24.3 Å². The number of carbonyl (C=O) groups is 2. The fraction of sp³-hybridized carbons (Fsp3) is 0.318. The summed E-state index contributed by atoms with van der Waals surface area (Å²) in [5.41, 5.74) is 1.03. The van der Waals surface area contributed by atoms with Gasteiger partial charge in [0.25, 0.3) is 0 Å². The molecule has 4 rings (SSSR count). The second-order valence-corrected chi connectivity index (χ2v) is 9.48. The summed E-state index contributed by atoms with van der Waals surface area (Å²) in [6.07, 6.45) is 1.62. The first-order valence-corrected chi connectivity index (χ1v) is 11.9. The van der Waals surface area contributed by atoms with Crippen molar-refractivity contribution in [1.82, 2.24) is 8.87 Å². The second kappa shape index (κ2) is 9.20. The van der Waals surface area contributed by atoms with Crippen LogP contribution < -0.4 is 11.1 Å². The van der Waals surface area contributed by atoms with Crippen LogP contribution in [0.15, 0.2) is 56.6 Å². The zero-order valence-corrected chi connectivity index (χ0v) is 18.8. The third kappa shape index (κ3) is 4.69. The zero-order chi connectivity index (χ0) is 23.6. The van der Waals surface area contributed by atoms with E-state index in [2.05, 4.69) is 5.32 Å². The van der Waals surface area contributed by atoms with Gasteiger partial charge in [-0.25, -0.2) is 18.0 Å². The number of aromatic nitrogens is 1. The van der Waals surface area contributed by atoms with Gasteiger partial charge in [0.2, 0.25) is 15.9 Å². The van der Waals surface area contributed by atoms with E-state index in [4.69, 9.17) is 9.15 Å². The van der Waals surface area contributed by atoms with Gasteiger partial charge in [0, 0.05) is 24.8 Å². The van der Waals surface area contributed by atoms with E-state index in [-0.39, 0.29) is 29.2 Å². The van der Waals surface area contributed by atoms with Crippen LogP contribution in [0.1, 0.15) is 30.1 Å². The highest BCUT2D eigenvalue weighted by atomic mass is 32.2. The monoisotopic (exact) mass is 473 g/mol. The molecule has 11 heteroatoms. The van der Waals surface area contributed by atoms with Crippen molar-refractivity contribution in [3.05, 3.63) is 58.6 Å². The molecule has 2 aromatic carbocycles. The lowest BCUT2D eigenvalue weighted by Crippen LogP contribution is -2.27. The van der Waals surface area contributed by atoms with Gasteiger partial charge in [-0.1, -0.05) is 6.07 Å². The quantitative estimate of drug-likeness (QED) is 0.521. The van der Waals surface area contributed by atoms with E-state index >= 15 is 0 Å². The number of sulfonamides is 1. The van der Waals surface area contributed by atoms with Crippen molar-refractivity contribution in [3.63, 3.8) is 0 Å². The fourth-order valence-electron chi connectivity index (χ4n) is 3.72. The highest BCUT2D eigenvalue weighted by molar-refractivity contribution is 7.89. The minimum atomic E-state index is -3.67. The number of esters is 1. The molecule has 1 aromatic heterocycles. The molecule has 3 aromatic rings. The summed E-state index contributed by atoms with van der Waals surface area (Å²) in [4.78, 5) is 36.8. The third-order valence-electron chi connectivity index (χ3n) is 5.30. The minimum Gasteiger partial charge on any atom is -0.462 e. The molecule has 1 amide bonds. The molecular formula is C22H23N3O7S. The van der Waals surface area contributed by atoms with Gasteiger partial charge in [-0.2, -0.15) is 4.31 Å². The van der Waals surface area contributed by atoms with E-state index in [1.165, 1.54) is 28.6 Å². The number of nitrogens with one attached hydrogen (secondary N) is 1. The lowest BCUT2D eigenvalue weighted by atomic mass is 10.2. The van der Waals surface area contributed by atoms with Crippen molar-refractivity contribution in [2.75, 3.05) is 25.0 Å². The Morgan fingerprint density at radius 3 is 2.61 bits per heavy atom. The van der Waals surface area contributed by atoms with Crippen LogP contribution in [0.2, 0.25) is 0 Å².